The number of rotatable bonds is 6. The second kappa shape index (κ2) is 7.05. The van der Waals surface area contributed by atoms with Gasteiger partial charge in [-0.15, -0.1) is 0 Å². The van der Waals surface area contributed by atoms with Crippen LogP contribution < -0.4 is 10.6 Å². The van der Waals surface area contributed by atoms with Crippen molar-refractivity contribution in [3.63, 3.8) is 0 Å². The van der Waals surface area contributed by atoms with E-state index in [2.05, 4.69) is 15.6 Å². The van der Waals surface area contributed by atoms with E-state index in [1.165, 1.54) is 6.20 Å². The quantitative estimate of drug-likeness (QED) is 0.853. The van der Waals surface area contributed by atoms with Gasteiger partial charge in [-0.05, 0) is 30.5 Å². The van der Waals surface area contributed by atoms with Crippen molar-refractivity contribution in [2.75, 3.05) is 0 Å². The van der Waals surface area contributed by atoms with E-state index in [0.717, 1.165) is 18.4 Å². The minimum atomic E-state index is -0.592. The first-order chi connectivity index (χ1) is 11.2. The molecule has 5 heteroatoms. The fraction of sp³-hybridized carbons (Fsp3) is 0.278. The Kier molecular flexibility index (Phi) is 4.66. The number of amides is 2. The molecular formula is C18H19N3O2. The normalized spacial score (nSPS) is 14.8. The molecule has 0 radical (unpaired) electrons. The summed E-state index contributed by atoms with van der Waals surface area (Å²) in [5.74, 6) is -0.418. The third-order valence-electron chi connectivity index (χ3n) is 3.75. The van der Waals surface area contributed by atoms with Crippen molar-refractivity contribution >= 4 is 11.8 Å². The molecular weight excluding hydrogens is 290 g/mol. The van der Waals surface area contributed by atoms with Crippen LogP contribution in [-0.4, -0.2) is 28.9 Å². The lowest BCUT2D eigenvalue weighted by molar-refractivity contribution is -0.123. The van der Waals surface area contributed by atoms with Gasteiger partial charge in [0, 0.05) is 24.9 Å². The maximum Gasteiger partial charge on any atom is 0.253 e. The van der Waals surface area contributed by atoms with Gasteiger partial charge in [-0.25, -0.2) is 0 Å². The molecule has 1 aromatic heterocycles. The van der Waals surface area contributed by atoms with E-state index in [1.54, 1.807) is 18.3 Å². The Morgan fingerprint density at radius 1 is 1.13 bits per heavy atom. The lowest BCUT2D eigenvalue weighted by Gasteiger charge is -2.18. The Hall–Kier alpha value is -2.69. The van der Waals surface area contributed by atoms with Gasteiger partial charge in [-0.1, -0.05) is 30.3 Å². The topological polar surface area (TPSA) is 71.1 Å². The molecule has 0 aliphatic heterocycles. The van der Waals surface area contributed by atoms with Gasteiger partial charge in [0.25, 0.3) is 5.91 Å². The molecule has 5 nitrogen and oxygen atoms in total. The highest BCUT2D eigenvalue weighted by atomic mass is 16.2. The third-order valence-corrected chi connectivity index (χ3v) is 3.75. The molecule has 1 heterocycles. The van der Waals surface area contributed by atoms with E-state index in [1.807, 2.05) is 30.3 Å². The summed E-state index contributed by atoms with van der Waals surface area (Å²) in [7, 11) is 0. The fourth-order valence-corrected chi connectivity index (χ4v) is 2.33. The summed E-state index contributed by atoms with van der Waals surface area (Å²) in [6.07, 6.45) is 5.60. The highest BCUT2D eigenvalue weighted by molar-refractivity contribution is 5.97. The molecule has 1 aliphatic carbocycles. The van der Waals surface area contributed by atoms with Crippen LogP contribution in [0.25, 0.3) is 0 Å². The molecule has 1 atom stereocenters. The van der Waals surface area contributed by atoms with E-state index in [-0.39, 0.29) is 17.9 Å². The van der Waals surface area contributed by atoms with Crippen LogP contribution in [0.1, 0.15) is 28.8 Å². The van der Waals surface area contributed by atoms with Crippen LogP contribution in [0, 0.1) is 0 Å². The highest BCUT2D eigenvalue weighted by Gasteiger charge is 2.28. The molecule has 2 amide bonds. The number of hydrogen-bond acceptors (Lipinski definition) is 3. The number of aromatic nitrogens is 1. The number of carbonyl (C=O) groups excluding carboxylic acids is 2. The second-order valence-corrected chi connectivity index (χ2v) is 5.74. The molecule has 118 valence electrons. The lowest BCUT2D eigenvalue weighted by atomic mass is 10.0. The van der Waals surface area contributed by atoms with Crippen LogP contribution in [0.2, 0.25) is 0 Å². The van der Waals surface area contributed by atoms with Crippen LogP contribution in [0.3, 0.4) is 0 Å². The van der Waals surface area contributed by atoms with Gasteiger partial charge in [0.15, 0.2) is 0 Å². The van der Waals surface area contributed by atoms with Crippen LogP contribution in [0.5, 0.6) is 0 Å². The van der Waals surface area contributed by atoms with E-state index < -0.39 is 6.04 Å². The van der Waals surface area contributed by atoms with Crippen molar-refractivity contribution in [3.05, 3.63) is 66.0 Å². The summed E-state index contributed by atoms with van der Waals surface area (Å²) in [5, 5.41) is 5.79. The predicted molar refractivity (Wildman–Crippen MR) is 86.8 cm³/mol. The number of nitrogens with one attached hydrogen (secondary N) is 2. The molecule has 0 saturated heterocycles. The van der Waals surface area contributed by atoms with Gasteiger partial charge in [0.2, 0.25) is 5.91 Å². The van der Waals surface area contributed by atoms with E-state index in [4.69, 9.17) is 0 Å². The molecule has 0 unspecified atom stereocenters. The molecule has 0 spiro atoms. The van der Waals surface area contributed by atoms with Crippen LogP contribution in [0.4, 0.5) is 0 Å². The van der Waals surface area contributed by atoms with Gasteiger partial charge in [-0.2, -0.15) is 0 Å². The largest absolute Gasteiger partial charge is 0.352 e. The summed E-state index contributed by atoms with van der Waals surface area (Å²) >= 11 is 0. The Balaban J connectivity index is 1.71. The number of benzene rings is 1. The van der Waals surface area contributed by atoms with Gasteiger partial charge >= 0.3 is 0 Å². The van der Waals surface area contributed by atoms with E-state index in [0.29, 0.717) is 12.0 Å². The summed E-state index contributed by atoms with van der Waals surface area (Å²) in [6.45, 7) is 0. The van der Waals surface area contributed by atoms with Gasteiger partial charge in [-0.3, -0.25) is 14.6 Å². The number of hydrogen-bond donors (Lipinski definition) is 2. The number of carbonyl (C=O) groups is 2. The minimum Gasteiger partial charge on any atom is -0.352 e. The zero-order valence-corrected chi connectivity index (χ0v) is 12.7. The maximum atomic E-state index is 12.4. The van der Waals surface area contributed by atoms with Gasteiger partial charge < -0.3 is 10.6 Å². The monoisotopic (exact) mass is 309 g/mol. The second-order valence-electron chi connectivity index (χ2n) is 5.74. The molecule has 23 heavy (non-hydrogen) atoms. The Morgan fingerprint density at radius 2 is 1.91 bits per heavy atom. The third kappa shape index (κ3) is 4.39. The lowest BCUT2D eigenvalue weighted by Crippen LogP contribution is -2.48. The highest BCUT2D eigenvalue weighted by Crippen LogP contribution is 2.19. The molecule has 1 saturated carbocycles. The van der Waals surface area contributed by atoms with E-state index >= 15 is 0 Å². The summed E-state index contributed by atoms with van der Waals surface area (Å²) in [6, 6.07) is 12.7. The predicted octanol–water partition coefficient (Wildman–Crippen LogP) is 1.70. The zero-order valence-electron chi connectivity index (χ0n) is 12.7. The average Bonchev–Trinajstić information content (AvgIpc) is 3.40. The SMILES string of the molecule is O=C(N[C@@H](Cc1ccccc1)C(=O)NC1CC1)c1cccnc1. The van der Waals surface area contributed by atoms with Crippen molar-refractivity contribution in [1.82, 2.24) is 15.6 Å². The molecule has 0 bridgehead atoms. The van der Waals surface area contributed by atoms with Gasteiger partial charge in [0.05, 0.1) is 5.56 Å². The molecule has 1 fully saturated rings. The Morgan fingerprint density at radius 3 is 2.57 bits per heavy atom. The fourth-order valence-electron chi connectivity index (χ4n) is 2.33. The number of pyridine rings is 1. The zero-order chi connectivity index (χ0) is 16.1. The summed E-state index contributed by atoms with van der Waals surface area (Å²) in [5.41, 5.74) is 1.46. The molecule has 2 N–H and O–H groups in total. The first-order valence-corrected chi connectivity index (χ1v) is 7.77. The standard InChI is InChI=1S/C18H19N3O2/c22-17(14-7-4-10-19-12-14)21-16(18(23)20-15-8-9-15)11-13-5-2-1-3-6-13/h1-7,10,12,15-16H,8-9,11H2,(H,20,23)(H,21,22)/t16-/m0/s1. The Bertz CT molecular complexity index is 669. The van der Waals surface area contributed by atoms with Crippen LogP contribution in [-0.2, 0) is 11.2 Å². The first-order valence-electron chi connectivity index (χ1n) is 7.77. The molecule has 2 aromatic rings. The average molecular weight is 309 g/mol. The number of nitrogens with zero attached hydrogens (tertiary/aromatic N) is 1. The summed E-state index contributed by atoms with van der Waals surface area (Å²) in [4.78, 5) is 28.7. The Labute approximate surface area is 135 Å². The van der Waals surface area contributed by atoms with Crippen molar-refractivity contribution in [2.24, 2.45) is 0 Å². The first kappa shape index (κ1) is 15.2. The maximum absolute atomic E-state index is 12.4. The van der Waals surface area contributed by atoms with Crippen LogP contribution >= 0.6 is 0 Å². The molecule has 3 rings (SSSR count). The van der Waals surface area contributed by atoms with Gasteiger partial charge in [0.1, 0.15) is 6.04 Å². The van der Waals surface area contributed by atoms with E-state index in [9.17, 15) is 9.59 Å². The minimum absolute atomic E-state index is 0.131. The molecule has 1 aliphatic rings. The van der Waals surface area contributed by atoms with Crippen molar-refractivity contribution in [2.45, 2.75) is 31.3 Å². The smallest absolute Gasteiger partial charge is 0.253 e. The van der Waals surface area contributed by atoms with Crippen molar-refractivity contribution in [3.8, 4) is 0 Å². The summed E-state index contributed by atoms with van der Waals surface area (Å²) < 4.78 is 0. The molecule has 1 aromatic carbocycles. The van der Waals surface area contributed by atoms with Crippen molar-refractivity contribution < 1.29 is 9.59 Å². The van der Waals surface area contributed by atoms with Crippen molar-refractivity contribution in [1.29, 1.82) is 0 Å². The van der Waals surface area contributed by atoms with Crippen LogP contribution in [0.15, 0.2) is 54.9 Å².